The van der Waals surface area contributed by atoms with Crippen LogP contribution >= 0.6 is 0 Å². The van der Waals surface area contributed by atoms with Gasteiger partial charge in [-0.3, -0.25) is 14.4 Å². The van der Waals surface area contributed by atoms with Gasteiger partial charge >= 0.3 is 0 Å². The lowest BCUT2D eigenvalue weighted by Gasteiger charge is -2.30. The van der Waals surface area contributed by atoms with E-state index in [9.17, 15) is 31.9 Å². The van der Waals surface area contributed by atoms with Crippen LogP contribution in [0, 0.1) is 23.3 Å². The van der Waals surface area contributed by atoms with E-state index in [1.807, 2.05) is 0 Å². The minimum Gasteiger partial charge on any atom is -0.341 e. The number of fused-ring (bicyclic) bond motifs is 1. The quantitative estimate of drug-likeness (QED) is 0.494. The molecule has 3 aromatic rings. The molecule has 1 aliphatic rings. The van der Waals surface area contributed by atoms with Crippen molar-refractivity contribution < 1.29 is 31.9 Å². The second-order valence-electron chi connectivity index (χ2n) is 9.24. The summed E-state index contributed by atoms with van der Waals surface area (Å²) in [7, 11) is 1.38. The Morgan fingerprint density at radius 1 is 0.921 bits per heavy atom. The Bertz CT molecular complexity index is 1390. The summed E-state index contributed by atoms with van der Waals surface area (Å²) in [6.45, 7) is 2.51. The summed E-state index contributed by atoms with van der Waals surface area (Å²) < 4.78 is 55.4. The number of anilines is 3. The minimum absolute atomic E-state index is 0.0349. The highest BCUT2D eigenvalue weighted by atomic mass is 19.1. The molecular weight excluding hydrogens is 506 g/mol. The van der Waals surface area contributed by atoms with Crippen molar-refractivity contribution in [2.75, 3.05) is 23.4 Å². The SMILES string of the molecule is CN1C(=O)C(NC(=O)C(C)(C)NC(=O)c2ccc(F)cn2)CN(c2cc(F)cc(F)c2)c2ccc(F)cc21. The maximum Gasteiger partial charge on any atom is 0.270 e. The number of benzene rings is 2. The number of nitrogens with zero attached hydrogens (tertiary/aromatic N) is 3. The number of carbonyl (C=O) groups excluding carboxylic acids is 3. The molecule has 1 aliphatic heterocycles. The standard InChI is InChI=1S/C26H23F4N5O3/c1-26(2,33-23(36)19-6-4-15(28)12-31-19)25(38)32-20-13-35(18-9-16(29)8-17(30)10-18)21-7-5-14(27)11-22(21)34(3)24(20)37/h4-12,20H,13H2,1-3H3,(H,32,38)(H,33,36). The lowest BCUT2D eigenvalue weighted by Crippen LogP contribution is -2.60. The van der Waals surface area contributed by atoms with Crippen molar-refractivity contribution in [2.45, 2.75) is 25.4 Å². The summed E-state index contributed by atoms with van der Waals surface area (Å²) in [5, 5.41) is 5.06. The van der Waals surface area contributed by atoms with E-state index in [-0.39, 0.29) is 29.3 Å². The Morgan fingerprint density at radius 2 is 1.58 bits per heavy atom. The number of carbonyl (C=O) groups is 3. The number of nitrogens with one attached hydrogen (secondary N) is 2. The monoisotopic (exact) mass is 529 g/mol. The molecular formula is C26H23F4N5O3. The highest BCUT2D eigenvalue weighted by Crippen LogP contribution is 2.38. The summed E-state index contributed by atoms with van der Waals surface area (Å²) in [5.74, 6) is -5.17. The summed E-state index contributed by atoms with van der Waals surface area (Å²) in [5.41, 5.74) is -1.26. The average molecular weight is 529 g/mol. The molecule has 3 amide bonds. The van der Waals surface area contributed by atoms with Gasteiger partial charge in [0, 0.05) is 18.8 Å². The molecule has 0 radical (unpaired) electrons. The first kappa shape index (κ1) is 26.6. The molecule has 38 heavy (non-hydrogen) atoms. The van der Waals surface area contributed by atoms with E-state index in [0.717, 1.165) is 47.5 Å². The third-order valence-electron chi connectivity index (χ3n) is 6.00. The Morgan fingerprint density at radius 3 is 2.21 bits per heavy atom. The van der Waals surface area contributed by atoms with Crippen LogP contribution in [0.3, 0.4) is 0 Å². The summed E-state index contributed by atoms with van der Waals surface area (Å²) in [6.07, 6.45) is 0.854. The third-order valence-corrected chi connectivity index (χ3v) is 6.00. The van der Waals surface area contributed by atoms with Gasteiger partial charge in [-0.05, 0) is 56.3 Å². The van der Waals surface area contributed by atoms with Gasteiger partial charge in [-0.1, -0.05) is 0 Å². The predicted molar refractivity (Wildman–Crippen MR) is 131 cm³/mol. The van der Waals surface area contributed by atoms with Gasteiger partial charge in [0.05, 0.1) is 24.1 Å². The molecule has 0 saturated carbocycles. The zero-order chi connectivity index (χ0) is 27.8. The fraction of sp³-hybridized carbons (Fsp3) is 0.231. The fourth-order valence-corrected chi connectivity index (χ4v) is 4.01. The van der Waals surface area contributed by atoms with Crippen LogP contribution in [0.25, 0.3) is 0 Å². The van der Waals surface area contributed by atoms with Crippen LogP contribution in [0.2, 0.25) is 0 Å². The Hall–Kier alpha value is -4.48. The van der Waals surface area contributed by atoms with Crippen LogP contribution in [0.1, 0.15) is 24.3 Å². The van der Waals surface area contributed by atoms with Crippen LogP contribution in [0.5, 0.6) is 0 Å². The molecule has 0 aliphatic carbocycles. The van der Waals surface area contributed by atoms with Gasteiger partial charge in [-0.2, -0.15) is 0 Å². The van der Waals surface area contributed by atoms with Gasteiger partial charge < -0.3 is 20.4 Å². The Balaban J connectivity index is 1.64. The number of hydrogen-bond acceptors (Lipinski definition) is 5. The Kier molecular flexibility index (Phi) is 7.07. The first-order chi connectivity index (χ1) is 17.9. The van der Waals surface area contributed by atoms with Crippen molar-refractivity contribution >= 4 is 34.8 Å². The molecule has 198 valence electrons. The van der Waals surface area contributed by atoms with E-state index in [1.54, 1.807) is 0 Å². The maximum atomic E-state index is 14.1. The van der Waals surface area contributed by atoms with Crippen LogP contribution < -0.4 is 20.4 Å². The highest BCUT2D eigenvalue weighted by molar-refractivity contribution is 6.05. The largest absolute Gasteiger partial charge is 0.341 e. The van der Waals surface area contributed by atoms with Crippen LogP contribution in [-0.4, -0.2) is 47.9 Å². The van der Waals surface area contributed by atoms with Gasteiger partial charge in [0.1, 0.15) is 40.5 Å². The third kappa shape index (κ3) is 5.43. The number of aromatic nitrogens is 1. The molecule has 2 N–H and O–H groups in total. The Labute approximate surface area is 215 Å². The predicted octanol–water partition coefficient (Wildman–Crippen LogP) is 3.45. The molecule has 1 unspecified atom stereocenters. The van der Waals surface area contributed by atoms with Crippen LogP contribution in [-0.2, 0) is 9.59 Å². The first-order valence-electron chi connectivity index (χ1n) is 11.4. The van der Waals surface area contributed by atoms with Gasteiger partial charge in [0.2, 0.25) is 5.91 Å². The van der Waals surface area contributed by atoms with Crippen molar-refractivity contribution in [1.29, 1.82) is 0 Å². The van der Waals surface area contributed by atoms with E-state index < -0.39 is 52.6 Å². The second kappa shape index (κ2) is 10.1. The van der Waals surface area contributed by atoms with Crippen molar-refractivity contribution in [3.8, 4) is 0 Å². The molecule has 0 fully saturated rings. The molecule has 4 rings (SSSR count). The van der Waals surface area contributed by atoms with E-state index in [4.69, 9.17) is 0 Å². The molecule has 1 aromatic heterocycles. The van der Waals surface area contributed by atoms with Crippen molar-refractivity contribution in [3.05, 3.63) is 83.7 Å². The molecule has 12 heteroatoms. The molecule has 8 nitrogen and oxygen atoms in total. The number of rotatable bonds is 5. The molecule has 0 spiro atoms. The van der Waals surface area contributed by atoms with E-state index >= 15 is 0 Å². The van der Waals surface area contributed by atoms with E-state index in [2.05, 4.69) is 15.6 Å². The maximum absolute atomic E-state index is 14.1. The zero-order valence-corrected chi connectivity index (χ0v) is 20.6. The summed E-state index contributed by atoms with van der Waals surface area (Å²) >= 11 is 0. The topological polar surface area (TPSA) is 94.6 Å². The zero-order valence-electron chi connectivity index (χ0n) is 20.6. The lowest BCUT2D eigenvalue weighted by atomic mass is 10.0. The summed E-state index contributed by atoms with van der Waals surface area (Å²) in [6, 6.07) is 7.30. The molecule has 2 aromatic carbocycles. The molecule has 1 atom stereocenters. The van der Waals surface area contributed by atoms with Crippen molar-refractivity contribution in [3.63, 3.8) is 0 Å². The lowest BCUT2D eigenvalue weighted by molar-refractivity contribution is -0.130. The number of hydrogen-bond donors (Lipinski definition) is 2. The fourth-order valence-electron chi connectivity index (χ4n) is 4.01. The first-order valence-corrected chi connectivity index (χ1v) is 11.4. The van der Waals surface area contributed by atoms with Gasteiger partial charge in [-0.25, -0.2) is 22.5 Å². The van der Waals surface area contributed by atoms with Gasteiger partial charge in [0.15, 0.2) is 0 Å². The van der Waals surface area contributed by atoms with Crippen LogP contribution in [0.15, 0.2) is 54.7 Å². The number of likely N-dealkylation sites (N-methyl/N-ethyl adjacent to an activating group) is 1. The minimum atomic E-state index is -1.56. The second-order valence-corrected chi connectivity index (χ2v) is 9.24. The van der Waals surface area contributed by atoms with E-state index in [0.29, 0.717) is 6.07 Å². The van der Waals surface area contributed by atoms with E-state index in [1.165, 1.54) is 31.9 Å². The van der Waals surface area contributed by atoms with Gasteiger partial charge in [-0.15, -0.1) is 0 Å². The highest BCUT2D eigenvalue weighted by Gasteiger charge is 2.38. The number of halogens is 4. The summed E-state index contributed by atoms with van der Waals surface area (Å²) in [4.78, 5) is 45.3. The van der Waals surface area contributed by atoms with Crippen molar-refractivity contribution in [1.82, 2.24) is 15.6 Å². The molecule has 0 bridgehead atoms. The average Bonchev–Trinajstić information content (AvgIpc) is 2.94. The molecule has 2 heterocycles. The number of amides is 3. The smallest absolute Gasteiger partial charge is 0.270 e. The molecule has 0 saturated heterocycles. The number of pyridine rings is 1. The normalized spacial score (nSPS) is 15.6. The van der Waals surface area contributed by atoms with Crippen LogP contribution in [0.4, 0.5) is 34.6 Å². The van der Waals surface area contributed by atoms with Gasteiger partial charge in [0.25, 0.3) is 11.8 Å². The van der Waals surface area contributed by atoms with Crippen molar-refractivity contribution in [2.24, 2.45) is 0 Å².